The van der Waals surface area contributed by atoms with Crippen LogP contribution in [0.5, 0.6) is 5.75 Å². The molecule has 7 nitrogen and oxygen atoms in total. The van der Waals surface area contributed by atoms with Crippen molar-refractivity contribution in [2.45, 2.75) is 40.2 Å². The van der Waals surface area contributed by atoms with Crippen LogP contribution in [0.1, 0.15) is 52.4 Å². The molecule has 1 aromatic carbocycles. The molecule has 0 spiro atoms. The van der Waals surface area contributed by atoms with E-state index in [-0.39, 0.29) is 30.6 Å². The molecular weight excluding hydrogens is 370 g/mol. The highest BCUT2D eigenvalue weighted by Gasteiger charge is 2.32. The molecule has 1 unspecified atom stereocenters. The summed E-state index contributed by atoms with van der Waals surface area (Å²) in [6, 6.07) is 7.37. The van der Waals surface area contributed by atoms with Gasteiger partial charge in [-0.15, -0.1) is 0 Å². The second-order valence-corrected chi connectivity index (χ2v) is 7.35. The largest absolute Gasteiger partial charge is 0.477 e. The van der Waals surface area contributed by atoms with Crippen molar-refractivity contribution in [2.24, 2.45) is 0 Å². The maximum atomic E-state index is 13.1. The summed E-state index contributed by atoms with van der Waals surface area (Å²) in [7, 11) is 0. The summed E-state index contributed by atoms with van der Waals surface area (Å²) < 4.78 is 5.87. The van der Waals surface area contributed by atoms with Gasteiger partial charge in [-0.05, 0) is 44.9 Å². The lowest BCUT2D eigenvalue weighted by Crippen LogP contribution is -2.50. The number of hydrogen-bond acceptors (Lipinski definition) is 5. The molecule has 1 aliphatic rings. The number of benzene rings is 1. The van der Waals surface area contributed by atoms with Crippen molar-refractivity contribution in [1.82, 2.24) is 10.3 Å². The Morgan fingerprint density at radius 1 is 1.24 bits per heavy atom. The highest BCUT2D eigenvalue weighted by molar-refractivity contribution is 6.05. The summed E-state index contributed by atoms with van der Waals surface area (Å²) in [5, 5.41) is 2.85. The van der Waals surface area contributed by atoms with Gasteiger partial charge in [0.2, 0.25) is 0 Å². The van der Waals surface area contributed by atoms with Gasteiger partial charge in [0.05, 0.1) is 24.5 Å². The first-order chi connectivity index (χ1) is 13.8. The van der Waals surface area contributed by atoms with E-state index in [1.54, 1.807) is 19.9 Å². The Morgan fingerprint density at radius 3 is 2.62 bits per heavy atom. The zero-order valence-corrected chi connectivity index (χ0v) is 17.3. The summed E-state index contributed by atoms with van der Waals surface area (Å²) in [5.74, 6) is 0.179. The summed E-state index contributed by atoms with van der Waals surface area (Å²) >= 11 is 0. The number of nitrogens with zero attached hydrogens (tertiary/aromatic N) is 1. The van der Waals surface area contributed by atoms with Gasteiger partial charge < -0.3 is 19.9 Å². The Hall–Kier alpha value is -3.09. The van der Waals surface area contributed by atoms with Gasteiger partial charge in [-0.1, -0.05) is 19.1 Å². The van der Waals surface area contributed by atoms with Crippen LogP contribution < -0.4 is 15.0 Å². The van der Waals surface area contributed by atoms with E-state index in [2.05, 4.69) is 10.3 Å². The van der Waals surface area contributed by atoms with E-state index in [9.17, 15) is 14.4 Å². The number of hydrogen-bond donors (Lipinski definition) is 2. The zero-order chi connectivity index (χ0) is 21.1. The van der Waals surface area contributed by atoms with E-state index >= 15 is 0 Å². The van der Waals surface area contributed by atoms with Gasteiger partial charge in [-0.2, -0.15) is 0 Å². The number of ketones is 2. The normalized spacial score (nSPS) is 15.4. The van der Waals surface area contributed by atoms with Crippen molar-refractivity contribution >= 4 is 23.2 Å². The topological polar surface area (TPSA) is 91.5 Å². The Bertz CT molecular complexity index is 948. The molecule has 0 radical (unpaired) electrons. The summed E-state index contributed by atoms with van der Waals surface area (Å²) in [6.45, 7) is 7.98. The molecule has 0 saturated heterocycles. The number of para-hydroxylation sites is 2. The molecule has 1 aliphatic heterocycles. The molecule has 0 aliphatic carbocycles. The van der Waals surface area contributed by atoms with E-state index in [4.69, 9.17) is 4.74 Å². The molecule has 7 heteroatoms. The van der Waals surface area contributed by atoms with Crippen LogP contribution in [0.15, 0.2) is 24.3 Å². The second-order valence-electron chi connectivity index (χ2n) is 7.35. The van der Waals surface area contributed by atoms with E-state index in [0.717, 1.165) is 12.1 Å². The highest BCUT2D eigenvalue weighted by Crippen LogP contribution is 2.33. The Labute approximate surface area is 170 Å². The summed E-state index contributed by atoms with van der Waals surface area (Å²) in [5.41, 5.74) is 3.13. The number of aryl methyl sites for hydroxylation is 1. The van der Waals surface area contributed by atoms with E-state index in [1.165, 1.54) is 6.92 Å². The third-order valence-electron chi connectivity index (χ3n) is 5.11. The Balaban J connectivity index is 1.85. The lowest BCUT2D eigenvalue weighted by Gasteiger charge is -2.35. The van der Waals surface area contributed by atoms with Crippen LogP contribution in [0, 0.1) is 13.8 Å². The van der Waals surface area contributed by atoms with Crippen LogP contribution in [0.3, 0.4) is 0 Å². The lowest BCUT2D eigenvalue weighted by atomic mass is 10.0. The van der Waals surface area contributed by atoms with Crippen molar-refractivity contribution in [3.63, 3.8) is 0 Å². The van der Waals surface area contributed by atoms with E-state index < -0.39 is 6.10 Å². The first kappa shape index (κ1) is 20.6. The molecule has 2 N–H and O–H groups in total. The zero-order valence-electron chi connectivity index (χ0n) is 17.3. The van der Waals surface area contributed by atoms with Crippen molar-refractivity contribution in [2.75, 3.05) is 24.5 Å². The number of amides is 1. The molecule has 1 atom stereocenters. The number of fused-ring (bicyclic) bond motifs is 1. The first-order valence-corrected chi connectivity index (χ1v) is 9.85. The number of carbonyl (C=O) groups is 3. The van der Waals surface area contributed by atoms with Gasteiger partial charge in [0.15, 0.2) is 17.7 Å². The van der Waals surface area contributed by atoms with Crippen molar-refractivity contribution in [3.05, 3.63) is 46.8 Å². The molecule has 1 amide bonds. The number of H-pyrrole nitrogens is 1. The maximum Gasteiger partial charge on any atom is 0.262 e. The van der Waals surface area contributed by atoms with E-state index in [0.29, 0.717) is 34.8 Å². The highest BCUT2D eigenvalue weighted by atomic mass is 16.5. The van der Waals surface area contributed by atoms with Crippen LogP contribution in [0.4, 0.5) is 5.69 Å². The van der Waals surface area contributed by atoms with Gasteiger partial charge in [0.1, 0.15) is 5.75 Å². The number of aromatic nitrogens is 1. The quantitative estimate of drug-likeness (QED) is 0.701. The van der Waals surface area contributed by atoms with Crippen LogP contribution in [0.2, 0.25) is 0 Å². The van der Waals surface area contributed by atoms with Crippen LogP contribution in [-0.2, 0) is 4.79 Å². The van der Waals surface area contributed by atoms with E-state index in [1.807, 2.05) is 30.0 Å². The predicted molar refractivity (Wildman–Crippen MR) is 111 cm³/mol. The SMILES string of the molecule is CCCNC(=O)C1CN(CC(=O)c2[nH]c(C)c(C(C)=O)c2C)c2ccccc2O1. The number of carbonyl (C=O) groups excluding carboxylic acids is 3. The fourth-order valence-electron chi connectivity index (χ4n) is 3.76. The third-order valence-corrected chi connectivity index (χ3v) is 5.11. The molecule has 2 heterocycles. The maximum absolute atomic E-state index is 13.1. The smallest absolute Gasteiger partial charge is 0.262 e. The molecule has 0 saturated carbocycles. The average molecular weight is 397 g/mol. The van der Waals surface area contributed by atoms with Gasteiger partial charge in [-0.3, -0.25) is 14.4 Å². The third kappa shape index (κ3) is 4.18. The number of ether oxygens (including phenoxy) is 1. The Kier molecular flexibility index (Phi) is 6.06. The van der Waals surface area contributed by atoms with Crippen molar-refractivity contribution < 1.29 is 19.1 Å². The number of anilines is 1. The second kappa shape index (κ2) is 8.51. The molecule has 0 bridgehead atoms. The number of aromatic amines is 1. The fraction of sp³-hybridized carbons (Fsp3) is 0.409. The van der Waals surface area contributed by atoms with Crippen LogP contribution in [-0.4, -0.2) is 48.2 Å². The molecule has 1 aromatic heterocycles. The Morgan fingerprint density at radius 2 is 1.97 bits per heavy atom. The van der Waals surface area contributed by atoms with Gasteiger partial charge in [0, 0.05) is 17.8 Å². The molecule has 2 aromatic rings. The molecule has 0 fully saturated rings. The minimum atomic E-state index is -0.691. The van der Waals surface area contributed by atoms with Gasteiger partial charge in [-0.25, -0.2) is 0 Å². The van der Waals surface area contributed by atoms with Crippen molar-refractivity contribution in [3.8, 4) is 5.75 Å². The molecule has 3 rings (SSSR count). The van der Waals surface area contributed by atoms with Gasteiger partial charge in [0.25, 0.3) is 5.91 Å². The van der Waals surface area contributed by atoms with Crippen LogP contribution >= 0.6 is 0 Å². The minimum absolute atomic E-state index is 0.0697. The number of Topliss-reactive ketones (excluding diaryl/α,β-unsaturated/α-hetero) is 2. The molecular formula is C22H27N3O4. The number of rotatable bonds is 7. The van der Waals surface area contributed by atoms with Gasteiger partial charge >= 0.3 is 0 Å². The molecule has 154 valence electrons. The standard InChI is InChI=1S/C22H27N3O4/c1-5-10-23-22(28)19-12-25(16-8-6-7-9-18(16)29-19)11-17(27)21-13(2)20(15(4)26)14(3)24-21/h6-9,19,24H,5,10-12H2,1-4H3,(H,23,28). The van der Waals surface area contributed by atoms with Crippen LogP contribution in [0.25, 0.3) is 0 Å². The minimum Gasteiger partial charge on any atom is -0.477 e. The monoisotopic (exact) mass is 397 g/mol. The predicted octanol–water partition coefficient (Wildman–Crippen LogP) is 2.81. The average Bonchev–Trinajstić information content (AvgIpc) is 3.00. The summed E-state index contributed by atoms with van der Waals surface area (Å²) in [4.78, 5) is 42.3. The summed E-state index contributed by atoms with van der Waals surface area (Å²) in [6.07, 6.45) is 0.143. The molecule has 29 heavy (non-hydrogen) atoms. The number of nitrogens with one attached hydrogen (secondary N) is 2. The lowest BCUT2D eigenvalue weighted by molar-refractivity contribution is -0.127. The van der Waals surface area contributed by atoms with Crippen molar-refractivity contribution in [1.29, 1.82) is 0 Å². The fourth-order valence-corrected chi connectivity index (χ4v) is 3.76. The first-order valence-electron chi connectivity index (χ1n) is 9.85.